The zero-order valence-electron chi connectivity index (χ0n) is 12.3. The quantitative estimate of drug-likeness (QED) is 0.917. The lowest BCUT2D eigenvalue weighted by atomic mass is 10.0. The van der Waals surface area contributed by atoms with E-state index in [2.05, 4.69) is 5.32 Å². The standard InChI is InChI=1S/C15H22N2O3/c1-4-17(5-2)15(18)16-12-9-11-7-6-8-13(19-3)14(11)20-10-12/h6-8,12H,4-5,9-10H2,1-3H3,(H,16,18). The number of nitrogens with zero attached hydrogens (tertiary/aromatic N) is 1. The SMILES string of the molecule is CCN(CC)C(=O)NC1COc2c(cccc2OC)C1. The van der Waals surface area contributed by atoms with Crippen molar-refractivity contribution in [3.05, 3.63) is 23.8 Å². The fraction of sp³-hybridized carbons (Fsp3) is 0.533. The number of rotatable bonds is 4. The summed E-state index contributed by atoms with van der Waals surface area (Å²) in [5.41, 5.74) is 1.07. The Balaban J connectivity index is 2.03. The minimum absolute atomic E-state index is 0.00251. The number of carbonyl (C=O) groups excluding carboxylic acids is 1. The van der Waals surface area contributed by atoms with Crippen LogP contribution in [0.4, 0.5) is 4.79 Å². The van der Waals surface area contributed by atoms with Crippen molar-refractivity contribution < 1.29 is 14.3 Å². The fourth-order valence-electron chi connectivity index (χ4n) is 2.42. The molecule has 5 nitrogen and oxygen atoms in total. The van der Waals surface area contributed by atoms with Gasteiger partial charge in [-0.05, 0) is 26.3 Å². The molecule has 2 amide bonds. The third kappa shape index (κ3) is 2.98. The molecular formula is C15H22N2O3. The molecule has 1 aliphatic rings. The number of nitrogens with one attached hydrogen (secondary N) is 1. The van der Waals surface area contributed by atoms with E-state index in [1.54, 1.807) is 12.0 Å². The highest BCUT2D eigenvalue weighted by molar-refractivity contribution is 5.74. The van der Waals surface area contributed by atoms with E-state index < -0.39 is 0 Å². The Labute approximate surface area is 119 Å². The molecule has 1 aliphatic heterocycles. The second kappa shape index (κ2) is 6.50. The topological polar surface area (TPSA) is 50.8 Å². The maximum atomic E-state index is 12.0. The van der Waals surface area contributed by atoms with Gasteiger partial charge < -0.3 is 19.7 Å². The average Bonchev–Trinajstić information content (AvgIpc) is 2.47. The van der Waals surface area contributed by atoms with E-state index in [1.807, 2.05) is 32.0 Å². The van der Waals surface area contributed by atoms with Crippen LogP contribution in [0.15, 0.2) is 18.2 Å². The summed E-state index contributed by atoms with van der Waals surface area (Å²) in [5, 5.41) is 3.02. The van der Waals surface area contributed by atoms with Crippen molar-refractivity contribution in [2.24, 2.45) is 0 Å². The van der Waals surface area contributed by atoms with E-state index in [1.165, 1.54) is 0 Å². The van der Waals surface area contributed by atoms with Gasteiger partial charge >= 0.3 is 6.03 Å². The number of para-hydroxylation sites is 1. The Bertz CT molecular complexity index is 472. The summed E-state index contributed by atoms with van der Waals surface area (Å²) in [6.45, 7) is 5.84. The second-order valence-corrected chi connectivity index (χ2v) is 4.78. The van der Waals surface area contributed by atoms with Gasteiger partial charge in [-0.15, -0.1) is 0 Å². The predicted molar refractivity (Wildman–Crippen MR) is 77.4 cm³/mol. The van der Waals surface area contributed by atoms with Crippen molar-refractivity contribution in [1.29, 1.82) is 0 Å². The summed E-state index contributed by atoms with van der Waals surface area (Å²) in [7, 11) is 1.63. The minimum Gasteiger partial charge on any atom is -0.493 e. The van der Waals surface area contributed by atoms with Gasteiger partial charge in [0.15, 0.2) is 11.5 Å². The number of carbonyl (C=O) groups is 1. The number of hydrogen-bond donors (Lipinski definition) is 1. The number of fused-ring (bicyclic) bond motifs is 1. The molecule has 0 spiro atoms. The van der Waals surface area contributed by atoms with Gasteiger partial charge in [0.1, 0.15) is 6.61 Å². The zero-order chi connectivity index (χ0) is 14.5. The molecule has 5 heteroatoms. The summed E-state index contributed by atoms with van der Waals surface area (Å²) in [5.74, 6) is 1.54. The maximum Gasteiger partial charge on any atom is 0.317 e. The largest absolute Gasteiger partial charge is 0.493 e. The van der Waals surface area contributed by atoms with E-state index in [4.69, 9.17) is 9.47 Å². The highest BCUT2D eigenvalue weighted by Gasteiger charge is 2.24. The summed E-state index contributed by atoms with van der Waals surface area (Å²) >= 11 is 0. The van der Waals surface area contributed by atoms with Gasteiger partial charge in [-0.2, -0.15) is 0 Å². The molecule has 1 heterocycles. The molecule has 1 unspecified atom stereocenters. The van der Waals surface area contributed by atoms with Gasteiger partial charge in [0.05, 0.1) is 13.2 Å². The molecule has 1 N–H and O–H groups in total. The second-order valence-electron chi connectivity index (χ2n) is 4.78. The molecular weight excluding hydrogens is 256 g/mol. The molecule has 0 fully saturated rings. The normalized spacial score (nSPS) is 16.9. The Kier molecular flexibility index (Phi) is 4.71. The summed E-state index contributed by atoms with van der Waals surface area (Å²) in [6.07, 6.45) is 0.763. The van der Waals surface area contributed by atoms with Crippen molar-refractivity contribution in [1.82, 2.24) is 10.2 Å². The molecule has 0 bridgehead atoms. The average molecular weight is 278 g/mol. The number of hydrogen-bond acceptors (Lipinski definition) is 3. The lowest BCUT2D eigenvalue weighted by molar-refractivity contribution is 0.183. The lowest BCUT2D eigenvalue weighted by Gasteiger charge is -2.29. The van der Waals surface area contributed by atoms with Gasteiger partial charge in [0, 0.05) is 18.7 Å². The number of benzene rings is 1. The third-order valence-electron chi connectivity index (χ3n) is 3.55. The van der Waals surface area contributed by atoms with Gasteiger partial charge in [0.25, 0.3) is 0 Å². The number of urea groups is 1. The predicted octanol–water partition coefficient (Wildman–Crippen LogP) is 2.05. The van der Waals surface area contributed by atoms with Crippen LogP contribution in [-0.4, -0.2) is 43.8 Å². The summed E-state index contributed by atoms with van der Waals surface area (Å²) in [4.78, 5) is 13.8. The van der Waals surface area contributed by atoms with Crippen LogP contribution in [0.3, 0.4) is 0 Å². The molecule has 110 valence electrons. The fourth-order valence-corrected chi connectivity index (χ4v) is 2.42. The first kappa shape index (κ1) is 14.5. The van der Waals surface area contributed by atoms with E-state index in [0.717, 1.165) is 23.5 Å². The van der Waals surface area contributed by atoms with E-state index in [9.17, 15) is 4.79 Å². The van der Waals surface area contributed by atoms with Crippen LogP contribution < -0.4 is 14.8 Å². The van der Waals surface area contributed by atoms with Gasteiger partial charge in [-0.3, -0.25) is 0 Å². The van der Waals surface area contributed by atoms with Crippen LogP contribution in [0.5, 0.6) is 11.5 Å². The van der Waals surface area contributed by atoms with Crippen molar-refractivity contribution in [2.45, 2.75) is 26.3 Å². The third-order valence-corrected chi connectivity index (χ3v) is 3.55. The first-order valence-electron chi connectivity index (χ1n) is 7.03. The molecule has 0 aliphatic carbocycles. The van der Waals surface area contributed by atoms with Crippen molar-refractivity contribution in [3.8, 4) is 11.5 Å². The number of methoxy groups -OCH3 is 1. The van der Waals surface area contributed by atoms with E-state index >= 15 is 0 Å². The highest BCUT2D eigenvalue weighted by Crippen LogP contribution is 2.34. The molecule has 1 aromatic rings. The van der Waals surface area contributed by atoms with Crippen molar-refractivity contribution in [2.75, 3.05) is 26.8 Å². The molecule has 1 aromatic carbocycles. The summed E-state index contributed by atoms with van der Waals surface area (Å²) < 4.78 is 11.0. The molecule has 0 saturated heterocycles. The van der Waals surface area contributed by atoms with Crippen LogP contribution in [0.25, 0.3) is 0 Å². The molecule has 1 atom stereocenters. The monoisotopic (exact) mass is 278 g/mol. The minimum atomic E-state index is -0.0325. The van der Waals surface area contributed by atoms with Crippen LogP contribution in [0, 0.1) is 0 Å². The van der Waals surface area contributed by atoms with Crippen LogP contribution in [0.2, 0.25) is 0 Å². The van der Waals surface area contributed by atoms with E-state index in [0.29, 0.717) is 19.7 Å². The summed E-state index contributed by atoms with van der Waals surface area (Å²) in [6, 6.07) is 5.80. The van der Waals surface area contributed by atoms with Gasteiger partial charge in [-0.1, -0.05) is 12.1 Å². The maximum absolute atomic E-state index is 12.0. The highest BCUT2D eigenvalue weighted by atomic mass is 16.5. The lowest BCUT2D eigenvalue weighted by Crippen LogP contribution is -2.48. The Morgan fingerprint density at radius 2 is 2.20 bits per heavy atom. The number of amides is 2. The number of ether oxygens (including phenoxy) is 2. The Morgan fingerprint density at radius 1 is 1.45 bits per heavy atom. The molecule has 2 rings (SSSR count). The van der Waals surface area contributed by atoms with Crippen molar-refractivity contribution in [3.63, 3.8) is 0 Å². The van der Waals surface area contributed by atoms with Gasteiger partial charge in [-0.25, -0.2) is 4.79 Å². The Hall–Kier alpha value is -1.91. The van der Waals surface area contributed by atoms with Crippen molar-refractivity contribution >= 4 is 6.03 Å². The zero-order valence-corrected chi connectivity index (χ0v) is 12.3. The van der Waals surface area contributed by atoms with Gasteiger partial charge in [0.2, 0.25) is 0 Å². The van der Waals surface area contributed by atoms with E-state index in [-0.39, 0.29) is 12.1 Å². The first-order valence-corrected chi connectivity index (χ1v) is 7.03. The van der Waals surface area contributed by atoms with Crippen LogP contribution in [-0.2, 0) is 6.42 Å². The first-order chi connectivity index (χ1) is 9.69. The smallest absolute Gasteiger partial charge is 0.317 e. The van der Waals surface area contributed by atoms with Crippen LogP contribution >= 0.6 is 0 Å². The molecule has 0 saturated carbocycles. The molecule has 20 heavy (non-hydrogen) atoms. The molecule has 0 radical (unpaired) electrons. The molecule has 0 aromatic heterocycles. The van der Waals surface area contributed by atoms with Crippen LogP contribution in [0.1, 0.15) is 19.4 Å². The Morgan fingerprint density at radius 3 is 2.85 bits per heavy atom.